The molecule has 1 aliphatic heterocycles. The van der Waals surface area contributed by atoms with Crippen molar-refractivity contribution in [2.24, 2.45) is 0 Å². The smallest absolute Gasteiger partial charge is 0.292 e. The highest BCUT2D eigenvalue weighted by molar-refractivity contribution is 5.92. The molecule has 3 rings (SSSR count). The maximum Gasteiger partial charge on any atom is 0.292 e. The quantitative estimate of drug-likeness (QED) is 0.815. The predicted molar refractivity (Wildman–Crippen MR) is 93.3 cm³/mol. The minimum Gasteiger partial charge on any atom is -0.396 e. The van der Waals surface area contributed by atoms with Gasteiger partial charge >= 0.3 is 0 Å². The molecular weight excluding hydrogens is 320 g/mol. The Hall–Kier alpha value is -2.18. The average Bonchev–Trinajstić information content (AvgIpc) is 3.13. The van der Waals surface area contributed by atoms with Gasteiger partial charge in [0.25, 0.3) is 5.91 Å². The molecule has 1 saturated heterocycles. The Labute approximate surface area is 147 Å². The van der Waals surface area contributed by atoms with Crippen LogP contribution in [0.25, 0.3) is 11.3 Å². The number of ether oxygens (including phenoxy) is 1. The van der Waals surface area contributed by atoms with Crippen LogP contribution in [0.15, 0.2) is 34.9 Å². The maximum atomic E-state index is 12.6. The van der Waals surface area contributed by atoms with Crippen LogP contribution in [-0.2, 0) is 4.74 Å². The van der Waals surface area contributed by atoms with Crippen LogP contribution in [-0.4, -0.2) is 53.5 Å². The first-order chi connectivity index (χ1) is 12.2. The summed E-state index contributed by atoms with van der Waals surface area (Å²) in [6.07, 6.45) is 2.42. The van der Waals surface area contributed by atoms with Crippen LogP contribution in [0.4, 0.5) is 0 Å². The first kappa shape index (κ1) is 17.6. The number of aliphatic hydroxyl groups excluding tert-OH is 1. The summed E-state index contributed by atoms with van der Waals surface area (Å²) in [6.45, 7) is 4.02. The monoisotopic (exact) mass is 344 g/mol. The van der Waals surface area contributed by atoms with Crippen molar-refractivity contribution in [2.45, 2.75) is 32.3 Å². The Balaban J connectivity index is 1.56. The zero-order valence-corrected chi connectivity index (χ0v) is 14.5. The summed E-state index contributed by atoms with van der Waals surface area (Å²) in [5, 5.41) is 12.8. The molecule has 0 saturated carbocycles. The van der Waals surface area contributed by atoms with Crippen LogP contribution in [0.1, 0.15) is 35.4 Å². The van der Waals surface area contributed by atoms with Crippen LogP contribution >= 0.6 is 0 Å². The number of likely N-dealkylation sites (tertiary alicyclic amines) is 1. The number of hydrogen-bond donors (Lipinski definition) is 1. The van der Waals surface area contributed by atoms with Crippen molar-refractivity contribution in [3.63, 3.8) is 0 Å². The van der Waals surface area contributed by atoms with Crippen molar-refractivity contribution >= 4 is 5.91 Å². The van der Waals surface area contributed by atoms with E-state index in [9.17, 15) is 4.79 Å². The first-order valence-corrected chi connectivity index (χ1v) is 8.73. The van der Waals surface area contributed by atoms with Crippen LogP contribution in [0, 0.1) is 6.92 Å². The fourth-order valence-electron chi connectivity index (χ4n) is 2.93. The van der Waals surface area contributed by atoms with Gasteiger partial charge in [-0.25, -0.2) is 0 Å². The van der Waals surface area contributed by atoms with E-state index in [2.05, 4.69) is 5.16 Å². The van der Waals surface area contributed by atoms with Crippen molar-refractivity contribution in [3.05, 3.63) is 41.7 Å². The molecule has 1 aliphatic rings. The van der Waals surface area contributed by atoms with Crippen molar-refractivity contribution in [2.75, 3.05) is 26.3 Å². The van der Waals surface area contributed by atoms with E-state index in [1.54, 1.807) is 11.0 Å². The number of nitrogens with zero attached hydrogens (tertiary/aromatic N) is 2. The van der Waals surface area contributed by atoms with E-state index in [1.807, 2.05) is 31.2 Å². The molecule has 1 amide bonds. The molecule has 0 bridgehead atoms. The Bertz CT molecular complexity index is 688. The number of hydrogen-bond acceptors (Lipinski definition) is 5. The zero-order valence-electron chi connectivity index (χ0n) is 14.5. The second-order valence-corrected chi connectivity index (χ2v) is 6.38. The molecule has 1 aromatic heterocycles. The molecule has 1 fully saturated rings. The highest BCUT2D eigenvalue weighted by atomic mass is 16.5. The van der Waals surface area contributed by atoms with Gasteiger partial charge in [-0.1, -0.05) is 35.0 Å². The van der Waals surface area contributed by atoms with Crippen LogP contribution in [0.5, 0.6) is 0 Å². The van der Waals surface area contributed by atoms with Crippen LogP contribution in [0.3, 0.4) is 0 Å². The average molecular weight is 344 g/mol. The highest BCUT2D eigenvalue weighted by Gasteiger charge is 2.26. The molecule has 2 aromatic rings. The van der Waals surface area contributed by atoms with E-state index in [-0.39, 0.29) is 24.4 Å². The van der Waals surface area contributed by atoms with Gasteiger partial charge in [0.15, 0.2) is 0 Å². The van der Waals surface area contributed by atoms with Crippen molar-refractivity contribution in [1.82, 2.24) is 10.1 Å². The molecule has 0 atom stereocenters. The summed E-state index contributed by atoms with van der Waals surface area (Å²) in [5.74, 6) is 0.148. The summed E-state index contributed by atoms with van der Waals surface area (Å²) >= 11 is 0. The summed E-state index contributed by atoms with van der Waals surface area (Å²) in [5.41, 5.74) is 2.78. The number of piperidine rings is 1. The third-order valence-corrected chi connectivity index (χ3v) is 4.45. The SMILES string of the molecule is Cc1ccc(-c2cc(C(=O)N3CCC(OCCCO)CC3)on2)cc1. The van der Waals surface area contributed by atoms with Gasteiger partial charge in [-0.15, -0.1) is 0 Å². The molecule has 6 heteroatoms. The summed E-state index contributed by atoms with van der Waals surface area (Å²) in [4.78, 5) is 14.4. The number of benzene rings is 1. The highest BCUT2D eigenvalue weighted by Crippen LogP contribution is 2.22. The number of amides is 1. The molecule has 2 heterocycles. The Morgan fingerprint density at radius 2 is 2.04 bits per heavy atom. The molecule has 0 unspecified atom stereocenters. The molecule has 25 heavy (non-hydrogen) atoms. The predicted octanol–water partition coefficient (Wildman–Crippen LogP) is 2.65. The van der Waals surface area contributed by atoms with Crippen molar-refractivity contribution in [1.29, 1.82) is 0 Å². The number of carbonyl (C=O) groups is 1. The second-order valence-electron chi connectivity index (χ2n) is 6.38. The van der Waals surface area contributed by atoms with Gasteiger partial charge in [0.05, 0.1) is 6.10 Å². The fraction of sp³-hybridized carbons (Fsp3) is 0.474. The summed E-state index contributed by atoms with van der Waals surface area (Å²) < 4.78 is 11.0. The number of aliphatic hydroxyl groups is 1. The molecular formula is C19H24N2O4. The van der Waals surface area contributed by atoms with Gasteiger partial charge in [-0.05, 0) is 26.2 Å². The lowest BCUT2D eigenvalue weighted by atomic mass is 10.1. The topological polar surface area (TPSA) is 75.8 Å². The lowest BCUT2D eigenvalue weighted by Gasteiger charge is -2.31. The third kappa shape index (κ3) is 4.46. The van der Waals surface area contributed by atoms with E-state index in [0.717, 1.165) is 18.4 Å². The molecule has 0 aliphatic carbocycles. The third-order valence-electron chi connectivity index (χ3n) is 4.45. The molecule has 134 valence electrons. The molecule has 1 N–H and O–H groups in total. The molecule has 1 aromatic carbocycles. The van der Waals surface area contributed by atoms with Gasteiger partial charge in [0.2, 0.25) is 5.76 Å². The number of carbonyl (C=O) groups excluding carboxylic acids is 1. The lowest BCUT2D eigenvalue weighted by Crippen LogP contribution is -2.40. The minimum absolute atomic E-state index is 0.125. The van der Waals surface area contributed by atoms with E-state index < -0.39 is 0 Å². The largest absolute Gasteiger partial charge is 0.396 e. The minimum atomic E-state index is -0.125. The molecule has 0 spiro atoms. The summed E-state index contributed by atoms with van der Waals surface area (Å²) in [7, 11) is 0. The van der Waals surface area contributed by atoms with Gasteiger partial charge in [-0.3, -0.25) is 4.79 Å². The van der Waals surface area contributed by atoms with E-state index in [0.29, 0.717) is 31.8 Å². The summed E-state index contributed by atoms with van der Waals surface area (Å²) in [6, 6.07) is 9.66. The van der Waals surface area contributed by atoms with Crippen molar-refractivity contribution < 1.29 is 19.2 Å². The number of aryl methyl sites for hydroxylation is 1. The standard InChI is InChI=1S/C19H24N2O4/c1-14-3-5-15(6-4-14)17-13-18(25-20-17)19(23)21-9-7-16(8-10-21)24-12-2-11-22/h3-6,13,16,22H,2,7-12H2,1H3. The van der Waals surface area contributed by atoms with Crippen molar-refractivity contribution in [3.8, 4) is 11.3 Å². The number of aromatic nitrogens is 1. The molecule has 0 radical (unpaired) electrons. The zero-order chi connectivity index (χ0) is 17.6. The van der Waals surface area contributed by atoms with Gasteiger partial charge in [0, 0.05) is 37.9 Å². The van der Waals surface area contributed by atoms with Crippen LogP contribution in [0.2, 0.25) is 0 Å². The van der Waals surface area contributed by atoms with Gasteiger partial charge in [0.1, 0.15) is 5.69 Å². The Morgan fingerprint density at radius 3 is 2.72 bits per heavy atom. The fourth-order valence-corrected chi connectivity index (χ4v) is 2.93. The molecule has 6 nitrogen and oxygen atoms in total. The second kappa shape index (κ2) is 8.27. The van der Waals surface area contributed by atoms with E-state index >= 15 is 0 Å². The Morgan fingerprint density at radius 1 is 1.32 bits per heavy atom. The van der Waals surface area contributed by atoms with E-state index in [4.69, 9.17) is 14.4 Å². The van der Waals surface area contributed by atoms with Crippen LogP contribution < -0.4 is 0 Å². The van der Waals surface area contributed by atoms with Gasteiger partial charge < -0.3 is 19.3 Å². The number of rotatable bonds is 6. The van der Waals surface area contributed by atoms with Gasteiger partial charge in [-0.2, -0.15) is 0 Å². The van der Waals surface area contributed by atoms with E-state index in [1.165, 1.54) is 5.56 Å². The lowest BCUT2D eigenvalue weighted by molar-refractivity contribution is 0.00309. The Kier molecular flexibility index (Phi) is 5.83. The first-order valence-electron chi connectivity index (χ1n) is 8.73. The maximum absolute atomic E-state index is 12.6. The normalized spacial score (nSPS) is 15.5.